The fourth-order valence-corrected chi connectivity index (χ4v) is 6.15. The summed E-state index contributed by atoms with van der Waals surface area (Å²) in [5, 5.41) is 10.1. The van der Waals surface area contributed by atoms with E-state index in [4.69, 9.17) is 4.74 Å². The molecule has 224 valence electrons. The first-order chi connectivity index (χ1) is 20.7. The fraction of sp³-hybridized carbons (Fsp3) is 0.368. The highest BCUT2D eigenvalue weighted by molar-refractivity contribution is 5.81. The molecule has 0 bridgehead atoms. The van der Waals surface area contributed by atoms with Crippen molar-refractivity contribution >= 4 is 11.8 Å². The van der Waals surface area contributed by atoms with Crippen LogP contribution in [0, 0.1) is 0 Å². The molecule has 0 saturated carbocycles. The van der Waals surface area contributed by atoms with E-state index < -0.39 is 22.0 Å². The Hall–Kier alpha value is -4.12. The smallest absolute Gasteiger partial charge is 0.268 e. The van der Waals surface area contributed by atoms with Crippen LogP contribution >= 0.6 is 0 Å². The van der Waals surface area contributed by atoms with Gasteiger partial charge in [-0.1, -0.05) is 96.3 Å². The number of anilines is 1. The summed E-state index contributed by atoms with van der Waals surface area (Å²) in [5.74, 6) is 0.478. The first-order valence-corrected chi connectivity index (χ1v) is 15.7. The highest BCUT2D eigenvalue weighted by Crippen LogP contribution is 2.50. The van der Waals surface area contributed by atoms with Gasteiger partial charge in [-0.15, -0.1) is 0 Å². The fourth-order valence-electron chi connectivity index (χ4n) is 6.15. The van der Waals surface area contributed by atoms with Gasteiger partial charge in [0.2, 0.25) is 5.43 Å². The Morgan fingerprint density at radius 2 is 1.37 bits per heavy atom. The third kappa shape index (κ3) is 5.90. The third-order valence-corrected chi connectivity index (χ3v) is 8.95. The van der Waals surface area contributed by atoms with Crippen LogP contribution in [0.2, 0.25) is 0 Å². The van der Waals surface area contributed by atoms with Crippen LogP contribution in [0.5, 0.6) is 11.5 Å². The minimum atomic E-state index is -0.800. The number of unbranched alkanes of at least 4 members (excludes halogenated alkanes) is 3. The van der Waals surface area contributed by atoms with Crippen molar-refractivity contribution in [1.82, 2.24) is 0 Å². The summed E-state index contributed by atoms with van der Waals surface area (Å²) in [6.07, 6.45) is 8.44. The molecule has 0 spiro atoms. The number of hydrogen-bond acceptors (Lipinski definition) is 5. The Kier molecular flexibility index (Phi) is 8.91. The van der Waals surface area contributed by atoms with Gasteiger partial charge in [0.25, 0.3) is 5.43 Å². The number of hydrogen-bond donors (Lipinski definition) is 1. The van der Waals surface area contributed by atoms with Crippen LogP contribution in [-0.2, 0) is 5.41 Å². The minimum Gasteiger partial charge on any atom is -0.504 e. The Labute approximate surface area is 255 Å². The summed E-state index contributed by atoms with van der Waals surface area (Å²) in [4.78, 5) is 26.3. The highest BCUT2D eigenvalue weighted by atomic mass is 16.5. The van der Waals surface area contributed by atoms with E-state index >= 15 is 0 Å². The largest absolute Gasteiger partial charge is 0.504 e. The molecule has 0 atom stereocenters. The zero-order valence-corrected chi connectivity index (χ0v) is 26.1. The maximum atomic E-state index is 12.3. The van der Waals surface area contributed by atoms with Gasteiger partial charge in [-0.3, -0.25) is 9.59 Å². The summed E-state index contributed by atoms with van der Waals surface area (Å²) in [6.45, 7) is 11.6. The lowest BCUT2D eigenvalue weighted by Crippen LogP contribution is -2.34. The second-order valence-electron chi connectivity index (χ2n) is 12.2. The van der Waals surface area contributed by atoms with Gasteiger partial charge in [-0.05, 0) is 77.4 Å². The molecular formula is C38H43NO4. The molecule has 0 radical (unpaired) electrons. The molecule has 5 heteroatoms. The lowest BCUT2D eigenvalue weighted by Gasteiger charge is -2.27. The minimum absolute atomic E-state index is 0.116. The van der Waals surface area contributed by atoms with Crippen LogP contribution in [0.25, 0.3) is 28.3 Å². The predicted octanol–water partition coefficient (Wildman–Crippen LogP) is 8.61. The summed E-state index contributed by atoms with van der Waals surface area (Å²) in [7, 11) is 0. The first kappa shape index (κ1) is 30.3. The van der Waals surface area contributed by atoms with Gasteiger partial charge in [-0.25, -0.2) is 0 Å². The molecule has 0 aromatic heterocycles. The number of fused-ring (bicyclic) bond motifs is 1. The molecule has 4 aromatic rings. The zero-order valence-electron chi connectivity index (χ0n) is 26.1. The van der Waals surface area contributed by atoms with E-state index in [1.807, 2.05) is 12.1 Å². The normalized spacial score (nSPS) is 15.0. The molecule has 0 unspecified atom stereocenters. The second-order valence-corrected chi connectivity index (χ2v) is 12.2. The van der Waals surface area contributed by atoms with Crippen molar-refractivity contribution in [2.75, 3.05) is 11.4 Å². The van der Waals surface area contributed by atoms with Gasteiger partial charge >= 0.3 is 0 Å². The van der Waals surface area contributed by atoms with Crippen LogP contribution in [-0.4, -0.2) is 17.8 Å². The second kappa shape index (κ2) is 12.6. The number of ether oxygens (including phenoxy) is 1. The molecular weight excluding hydrogens is 534 g/mol. The van der Waals surface area contributed by atoms with E-state index in [0.29, 0.717) is 0 Å². The molecule has 1 heterocycles. The summed E-state index contributed by atoms with van der Waals surface area (Å²) >= 11 is 0. The Morgan fingerprint density at radius 3 is 1.95 bits per heavy atom. The van der Waals surface area contributed by atoms with E-state index in [9.17, 15) is 14.7 Å². The van der Waals surface area contributed by atoms with E-state index in [2.05, 4.69) is 94.1 Å². The molecule has 0 saturated heterocycles. The average Bonchev–Trinajstić information content (AvgIpc) is 3.25. The summed E-state index contributed by atoms with van der Waals surface area (Å²) in [6, 6.07) is 23.5. The van der Waals surface area contributed by atoms with Crippen molar-refractivity contribution in [3.05, 3.63) is 104 Å². The maximum Gasteiger partial charge on any atom is 0.268 e. The Balaban J connectivity index is 1.43. The monoisotopic (exact) mass is 577 g/mol. The van der Waals surface area contributed by atoms with Gasteiger partial charge in [0.15, 0.2) is 5.75 Å². The zero-order chi connectivity index (χ0) is 30.7. The third-order valence-electron chi connectivity index (χ3n) is 8.95. The standard InChI is InChI=1S/C38H43NO4/c1-6-9-10-11-22-39-33-21-18-28(23-32(33)38(4,5)34(39)24-31-35(40)37(42)36(31)41)27-14-12-25(13-15-27)26-16-19-30(20-17-26)43-29(7-2)8-3/h12-21,23-24,29,40H,6-11,22H2,1-5H3. The van der Waals surface area contributed by atoms with Gasteiger partial charge in [0.05, 0.1) is 11.7 Å². The number of allylic oxidation sites excluding steroid dienone is 1. The van der Waals surface area contributed by atoms with Gasteiger partial charge in [0, 0.05) is 23.3 Å². The summed E-state index contributed by atoms with van der Waals surface area (Å²) in [5.41, 5.74) is 6.05. The molecule has 1 N–H and O–H groups in total. The molecule has 5 rings (SSSR count). The first-order valence-electron chi connectivity index (χ1n) is 15.7. The van der Waals surface area contributed by atoms with Crippen LogP contribution in [0.3, 0.4) is 0 Å². The van der Waals surface area contributed by atoms with E-state index in [1.165, 1.54) is 12.0 Å². The SMILES string of the molecule is CCCCCCN1C(=Cc2c(O)c(=O)c2=O)C(C)(C)c2cc(-c3ccc(-c4ccc(OC(CC)CC)cc4)cc3)ccc21. The predicted molar refractivity (Wildman–Crippen MR) is 178 cm³/mol. The molecule has 4 aromatic carbocycles. The van der Waals surface area contributed by atoms with Gasteiger partial charge in [-0.2, -0.15) is 0 Å². The van der Waals surface area contributed by atoms with Crippen LogP contribution in [0.4, 0.5) is 5.69 Å². The summed E-state index contributed by atoms with van der Waals surface area (Å²) < 4.78 is 6.07. The number of rotatable bonds is 12. The van der Waals surface area contributed by atoms with Crippen molar-refractivity contribution in [3.63, 3.8) is 0 Å². The molecule has 0 fully saturated rings. The van der Waals surface area contributed by atoms with Crippen LogP contribution in [0.15, 0.2) is 82.0 Å². The molecule has 1 aliphatic heterocycles. The number of nitrogens with zero attached hydrogens (tertiary/aromatic N) is 1. The maximum absolute atomic E-state index is 12.3. The Bertz CT molecular complexity index is 1670. The Morgan fingerprint density at radius 1 is 0.791 bits per heavy atom. The van der Waals surface area contributed by atoms with Gasteiger partial charge < -0.3 is 14.7 Å². The van der Waals surface area contributed by atoms with Crippen molar-refractivity contribution in [1.29, 1.82) is 0 Å². The lowest BCUT2D eigenvalue weighted by molar-refractivity contribution is 0.193. The van der Waals surface area contributed by atoms with Crippen LogP contribution in [0.1, 0.15) is 84.3 Å². The van der Waals surface area contributed by atoms with Crippen molar-refractivity contribution in [2.45, 2.75) is 84.7 Å². The van der Waals surface area contributed by atoms with E-state index in [1.54, 1.807) is 6.08 Å². The highest BCUT2D eigenvalue weighted by Gasteiger charge is 2.40. The molecule has 0 aliphatic carbocycles. The molecule has 0 amide bonds. The van der Waals surface area contributed by atoms with E-state index in [-0.39, 0.29) is 11.7 Å². The molecule has 1 aliphatic rings. The van der Waals surface area contributed by atoms with Gasteiger partial charge in [0.1, 0.15) is 5.75 Å². The molecule has 5 nitrogen and oxygen atoms in total. The lowest BCUT2D eigenvalue weighted by atomic mass is 9.82. The van der Waals surface area contributed by atoms with Crippen LogP contribution < -0.4 is 20.5 Å². The van der Waals surface area contributed by atoms with Crippen molar-refractivity contribution in [2.24, 2.45) is 0 Å². The van der Waals surface area contributed by atoms with E-state index in [0.717, 1.165) is 78.0 Å². The topological polar surface area (TPSA) is 66.8 Å². The van der Waals surface area contributed by atoms with Crippen molar-refractivity contribution < 1.29 is 9.84 Å². The quantitative estimate of drug-likeness (QED) is 0.135. The average molecular weight is 578 g/mol. The number of aromatic hydroxyl groups is 1. The molecule has 43 heavy (non-hydrogen) atoms. The number of benzene rings is 3. The van der Waals surface area contributed by atoms with Crippen molar-refractivity contribution in [3.8, 4) is 33.8 Å².